The Hall–Kier alpha value is -3.55. The monoisotopic (exact) mass is 419 g/mol. The first kappa shape index (κ1) is 19.4. The number of benzene rings is 2. The van der Waals surface area contributed by atoms with Crippen molar-refractivity contribution in [2.45, 2.75) is 25.8 Å². The molecule has 160 valence electrons. The van der Waals surface area contributed by atoms with Gasteiger partial charge in [-0.1, -0.05) is 6.07 Å². The second-order valence-corrected chi connectivity index (χ2v) is 8.00. The summed E-state index contributed by atoms with van der Waals surface area (Å²) in [6.45, 7) is 3.61. The molecule has 31 heavy (non-hydrogen) atoms. The Bertz CT molecular complexity index is 1320. The zero-order valence-electron chi connectivity index (χ0n) is 17.9. The van der Waals surface area contributed by atoms with Crippen molar-refractivity contribution in [3.63, 3.8) is 0 Å². The van der Waals surface area contributed by atoms with Crippen LogP contribution in [0.3, 0.4) is 0 Å². The lowest BCUT2D eigenvalue weighted by molar-refractivity contribution is 0.356. The average Bonchev–Trinajstić information content (AvgIpc) is 3.12. The molecule has 8 nitrogen and oxygen atoms in total. The predicted molar refractivity (Wildman–Crippen MR) is 120 cm³/mol. The first-order chi connectivity index (χ1) is 15.1. The van der Waals surface area contributed by atoms with Crippen LogP contribution in [0.15, 0.2) is 41.3 Å². The number of fused-ring (bicyclic) bond motifs is 2. The van der Waals surface area contributed by atoms with Gasteiger partial charge in [-0.15, -0.1) is 5.10 Å². The molecule has 2 aromatic heterocycles. The van der Waals surface area contributed by atoms with Crippen LogP contribution >= 0.6 is 0 Å². The fraction of sp³-hybridized carbons (Fsp3) is 0.348. The topological polar surface area (TPSA) is 85.3 Å². The van der Waals surface area contributed by atoms with Gasteiger partial charge in [0.1, 0.15) is 0 Å². The Kier molecular flexibility index (Phi) is 4.77. The Morgan fingerprint density at radius 3 is 2.55 bits per heavy atom. The number of aryl methyl sites for hydroxylation is 1. The van der Waals surface area contributed by atoms with Crippen LogP contribution in [0.2, 0.25) is 0 Å². The second-order valence-electron chi connectivity index (χ2n) is 8.00. The highest BCUT2D eigenvalue weighted by Gasteiger charge is 2.26. The third-order valence-electron chi connectivity index (χ3n) is 6.15. The van der Waals surface area contributed by atoms with Gasteiger partial charge in [-0.2, -0.15) is 5.10 Å². The number of hydrogen-bond acceptors (Lipinski definition) is 6. The number of nitrogens with one attached hydrogen (secondary N) is 1. The van der Waals surface area contributed by atoms with Crippen LogP contribution in [0, 0.1) is 6.92 Å². The maximum atomic E-state index is 12.7. The summed E-state index contributed by atoms with van der Waals surface area (Å²) >= 11 is 0. The molecule has 2 aromatic carbocycles. The molecule has 1 fully saturated rings. The van der Waals surface area contributed by atoms with Gasteiger partial charge in [0.2, 0.25) is 0 Å². The molecule has 0 bridgehead atoms. The number of aromatic amines is 1. The van der Waals surface area contributed by atoms with E-state index in [-0.39, 0.29) is 11.7 Å². The van der Waals surface area contributed by atoms with Crippen molar-refractivity contribution in [2.75, 3.05) is 32.2 Å². The third kappa shape index (κ3) is 3.28. The summed E-state index contributed by atoms with van der Waals surface area (Å²) in [6, 6.07) is 10.1. The van der Waals surface area contributed by atoms with Crippen molar-refractivity contribution in [1.29, 1.82) is 0 Å². The third-order valence-corrected chi connectivity index (χ3v) is 6.15. The van der Waals surface area contributed by atoms with Crippen LogP contribution in [-0.2, 0) is 0 Å². The van der Waals surface area contributed by atoms with E-state index in [9.17, 15) is 4.79 Å². The van der Waals surface area contributed by atoms with E-state index in [2.05, 4.69) is 26.1 Å². The van der Waals surface area contributed by atoms with E-state index in [0.717, 1.165) is 59.1 Å². The lowest BCUT2D eigenvalue weighted by Crippen LogP contribution is -2.37. The van der Waals surface area contributed by atoms with Gasteiger partial charge in [-0.3, -0.25) is 4.57 Å². The highest BCUT2D eigenvalue weighted by Crippen LogP contribution is 2.36. The molecule has 1 aliphatic rings. The van der Waals surface area contributed by atoms with E-state index in [1.165, 1.54) is 0 Å². The number of aromatic nitrogens is 4. The number of methoxy groups -OCH3 is 2. The molecule has 0 amide bonds. The van der Waals surface area contributed by atoms with Crippen LogP contribution < -0.4 is 20.1 Å². The normalized spacial score (nSPS) is 15.0. The molecule has 4 aromatic rings. The van der Waals surface area contributed by atoms with E-state index in [1.54, 1.807) is 20.4 Å². The number of H-pyrrole nitrogens is 1. The van der Waals surface area contributed by atoms with E-state index in [4.69, 9.17) is 9.47 Å². The van der Waals surface area contributed by atoms with E-state index < -0.39 is 0 Å². The number of imidazole rings is 1. The predicted octanol–water partition coefficient (Wildman–Crippen LogP) is 3.44. The zero-order valence-corrected chi connectivity index (χ0v) is 17.9. The first-order valence-corrected chi connectivity index (χ1v) is 10.4. The number of rotatable bonds is 4. The molecule has 0 radical (unpaired) electrons. The van der Waals surface area contributed by atoms with Crippen LogP contribution in [0.1, 0.15) is 24.4 Å². The Labute approximate surface area is 179 Å². The molecule has 0 unspecified atom stereocenters. The highest BCUT2D eigenvalue weighted by molar-refractivity contribution is 5.94. The minimum atomic E-state index is -0.0409. The maximum absolute atomic E-state index is 12.7. The molecular formula is C23H25N5O3. The van der Waals surface area contributed by atoms with E-state index in [1.807, 2.05) is 35.8 Å². The van der Waals surface area contributed by atoms with Gasteiger partial charge < -0.3 is 19.4 Å². The highest BCUT2D eigenvalue weighted by atomic mass is 16.5. The summed E-state index contributed by atoms with van der Waals surface area (Å²) in [5.74, 6) is 2.17. The number of nitrogens with zero attached hydrogens (tertiary/aromatic N) is 4. The minimum Gasteiger partial charge on any atom is -0.493 e. The molecule has 5 rings (SSSR count). The SMILES string of the molecule is COc1cc2cnnc(N3CCC(n4c(=O)[nH]c5cc(C)ccc54)CC3)c2cc1OC. The van der Waals surface area contributed by atoms with Gasteiger partial charge >= 0.3 is 5.69 Å². The summed E-state index contributed by atoms with van der Waals surface area (Å²) < 4.78 is 12.8. The Morgan fingerprint density at radius 2 is 1.81 bits per heavy atom. The number of piperidine rings is 1. The average molecular weight is 419 g/mol. The lowest BCUT2D eigenvalue weighted by atomic mass is 10.0. The Morgan fingerprint density at radius 1 is 1.06 bits per heavy atom. The van der Waals surface area contributed by atoms with Crippen molar-refractivity contribution >= 4 is 27.6 Å². The quantitative estimate of drug-likeness (QED) is 0.545. The van der Waals surface area contributed by atoms with Crippen molar-refractivity contribution in [3.8, 4) is 11.5 Å². The number of hydrogen-bond donors (Lipinski definition) is 1. The van der Waals surface area contributed by atoms with Gasteiger partial charge in [0, 0.05) is 29.9 Å². The minimum absolute atomic E-state index is 0.0409. The molecule has 1 saturated heterocycles. The fourth-order valence-corrected chi connectivity index (χ4v) is 4.57. The molecule has 0 spiro atoms. The fourth-order valence-electron chi connectivity index (χ4n) is 4.57. The molecule has 0 saturated carbocycles. The number of ether oxygens (including phenoxy) is 2. The summed E-state index contributed by atoms with van der Waals surface area (Å²) in [6.07, 6.45) is 3.44. The van der Waals surface area contributed by atoms with Crippen molar-refractivity contribution < 1.29 is 9.47 Å². The summed E-state index contributed by atoms with van der Waals surface area (Å²) in [5.41, 5.74) is 2.96. The van der Waals surface area contributed by atoms with Gasteiger partial charge in [-0.05, 0) is 49.6 Å². The molecule has 0 aliphatic carbocycles. The van der Waals surface area contributed by atoms with E-state index in [0.29, 0.717) is 11.5 Å². The molecule has 3 heterocycles. The summed E-state index contributed by atoms with van der Waals surface area (Å²) in [4.78, 5) is 17.9. The molecule has 1 N–H and O–H groups in total. The van der Waals surface area contributed by atoms with Crippen molar-refractivity contribution in [3.05, 3.63) is 52.6 Å². The standard InChI is InChI=1S/C23H25N5O3/c1-14-4-5-19-18(10-14)25-23(29)28(19)16-6-8-27(9-7-16)22-17-12-21(31-3)20(30-2)11-15(17)13-24-26-22/h4-5,10-13,16H,6-9H2,1-3H3,(H,25,29). The molecule has 0 atom stereocenters. The smallest absolute Gasteiger partial charge is 0.326 e. The van der Waals surface area contributed by atoms with Crippen LogP contribution in [0.5, 0.6) is 11.5 Å². The molecule has 1 aliphatic heterocycles. The first-order valence-electron chi connectivity index (χ1n) is 10.4. The van der Waals surface area contributed by atoms with Crippen LogP contribution in [0.4, 0.5) is 5.82 Å². The van der Waals surface area contributed by atoms with Crippen molar-refractivity contribution in [2.24, 2.45) is 0 Å². The number of anilines is 1. The lowest BCUT2D eigenvalue weighted by Gasteiger charge is -2.33. The summed E-state index contributed by atoms with van der Waals surface area (Å²) in [5, 5.41) is 10.6. The maximum Gasteiger partial charge on any atom is 0.326 e. The molecular weight excluding hydrogens is 394 g/mol. The van der Waals surface area contributed by atoms with Gasteiger partial charge in [0.05, 0.1) is 31.4 Å². The molecule has 8 heteroatoms. The largest absolute Gasteiger partial charge is 0.493 e. The second kappa shape index (κ2) is 7.61. The van der Waals surface area contributed by atoms with Crippen molar-refractivity contribution in [1.82, 2.24) is 19.7 Å². The zero-order chi connectivity index (χ0) is 21.5. The van der Waals surface area contributed by atoms with Crippen LogP contribution in [0.25, 0.3) is 21.8 Å². The van der Waals surface area contributed by atoms with Gasteiger partial charge in [0.25, 0.3) is 0 Å². The Balaban J connectivity index is 1.44. The van der Waals surface area contributed by atoms with E-state index >= 15 is 0 Å². The van der Waals surface area contributed by atoms with Gasteiger partial charge in [-0.25, -0.2) is 4.79 Å². The summed E-state index contributed by atoms with van der Waals surface area (Å²) in [7, 11) is 3.25. The van der Waals surface area contributed by atoms with Crippen LogP contribution in [-0.4, -0.2) is 47.1 Å². The van der Waals surface area contributed by atoms with Gasteiger partial charge in [0.15, 0.2) is 17.3 Å².